The van der Waals surface area contributed by atoms with Gasteiger partial charge in [-0.05, 0) is 58.4 Å². The van der Waals surface area contributed by atoms with E-state index in [1.165, 1.54) is 6.07 Å². The average Bonchev–Trinajstić information content (AvgIpc) is 3.17. The minimum absolute atomic E-state index is 0.0287. The molecule has 1 aromatic carbocycles. The Morgan fingerprint density at radius 2 is 1.78 bits per heavy atom. The van der Waals surface area contributed by atoms with Crippen molar-refractivity contribution in [1.82, 2.24) is 25.2 Å². The smallest absolute Gasteiger partial charge is 0.229 e. The number of hydrogen-bond acceptors (Lipinski definition) is 8. The number of halogens is 2. The standard InChI is InChI=1S/C27H34F2N8/c1-15(2)37-18(5)33-26-21(28)8-20(9-23(26)37)25-22(29)11-31-27(35-25)34-24-7-6-19(10-30-24)14-36-12-16(3)32-17(4)13-36/h6-11,15-18,32-33H,12-14H2,1-5H3,(H,30,31,34,35). The van der Waals surface area contributed by atoms with Crippen molar-refractivity contribution in [3.63, 3.8) is 0 Å². The van der Waals surface area contributed by atoms with Crippen molar-refractivity contribution in [2.75, 3.05) is 28.6 Å². The fourth-order valence-corrected chi connectivity index (χ4v) is 5.45. The Bertz CT molecular complexity index is 1260. The van der Waals surface area contributed by atoms with Crippen molar-refractivity contribution in [3.8, 4) is 11.3 Å². The molecule has 10 heteroatoms. The summed E-state index contributed by atoms with van der Waals surface area (Å²) in [4.78, 5) is 17.4. The number of pyridine rings is 1. The first-order valence-corrected chi connectivity index (χ1v) is 12.8. The maximum Gasteiger partial charge on any atom is 0.229 e. The molecule has 2 aromatic heterocycles. The van der Waals surface area contributed by atoms with Gasteiger partial charge in [0.25, 0.3) is 0 Å². The molecule has 0 bridgehead atoms. The van der Waals surface area contributed by atoms with E-state index in [-0.39, 0.29) is 23.8 Å². The highest BCUT2D eigenvalue weighted by atomic mass is 19.1. The number of rotatable bonds is 6. The molecule has 3 atom stereocenters. The SMILES string of the molecule is CC1CN(Cc2ccc(Nc3ncc(F)c(-c4cc(F)c5c(c4)N(C(C)C)C(C)N5)n3)nc2)CC(C)N1. The van der Waals surface area contributed by atoms with Crippen molar-refractivity contribution in [2.24, 2.45) is 0 Å². The lowest BCUT2D eigenvalue weighted by atomic mass is 10.1. The monoisotopic (exact) mass is 508 g/mol. The van der Waals surface area contributed by atoms with Crippen LogP contribution in [0.3, 0.4) is 0 Å². The highest BCUT2D eigenvalue weighted by Gasteiger charge is 2.31. The Hall–Kier alpha value is -3.37. The lowest BCUT2D eigenvalue weighted by molar-refractivity contribution is 0.166. The maximum atomic E-state index is 15.0. The molecule has 0 saturated carbocycles. The van der Waals surface area contributed by atoms with E-state index in [0.29, 0.717) is 34.8 Å². The van der Waals surface area contributed by atoms with E-state index >= 15 is 0 Å². The molecule has 2 aliphatic rings. The summed E-state index contributed by atoms with van der Waals surface area (Å²) in [6.45, 7) is 13.2. The van der Waals surface area contributed by atoms with Crippen LogP contribution in [-0.4, -0.2) is 57.2 Å². The first-order chi connectivity index (χ1) is 17.7. The number of piperazine rings is 1. The van der Waals surface area contributed by atoms with Crippen molar-refractivity contribution in [2.45, 2.75) is 65.5 Å². The van der Waals surface area contributed by atoms with Crippen LogP contribution in [0.25, 0.3) is 11.3 Å². The number of nitrogens with zero attached hydrogens (tertiary/aromatic N) is 5. The Labute approximate surface area is 216 Å². The molecular formula is C27H34F2N8. The van der Waals surface area contributed by atoms with Gasteiger partial charge in [-0.3, -0.25) is 4.90 Å². The van der Waals surface area contributed by atoms with E-state index in [9.17, 15) is 8.78 Å². The molecule has 3 unspecified atom stereocenters. The van der Waals surface area contributed by atoms with E-state index in [0.717, 1.165) is 31.4 Å². The summed E-state index contributed by atoms with van der Waals surface area (Å²) in [6, 6.07) is 8.00. The third-order valence-electron chi connectivity index (χ3n) is 6.80. The van der Waals surface area contributed by atoms with Gasteiger partial charge in [0.1, 0.15) is 17.3 Å². The Morgan fingerprint density at radius 3 is 2.46 bits per heavy atom. The Kier molecular flexibility index (Phi) is 6.96. The van der Waals surface area contributed by atoms with Gasteiger partial charge >= 0.3 is 0 Å². The van der Waals surface area contributed by atoms with Crippen LogP contribution < -0.4 is 20.9 Å². The van der Waals surface area contributed by atoms with Gasteiger partial charge < -0.3 is 20.9 Å². The average molecular weight is 509 g/mol. The summed E-state index contributed by atoms with van der Waals surface area (Å²) in [5, 5.41) is 9.76. The predicted octanol–water partition coefficient (Wildman–Crippen LogP) is 4.73. The number of fused-ring (bicyclic) bond motifs is 1. The third-order valence-corrected chi connectivity index (χ3v) is 6.80. The van der Waals surface area contributed by atoms with Gasteiger partial charge in [0.05, 0.1) is 23.7 Å². The molecule has 4 heterocycles. The largest absolute Gasteiger partial charge is 0.361 e. The van der Waals surface area contributed by atoms with E-state index in [2.05, 4.69) is 54.5 Å². The lowest BCUT2D eigenvalue weighted by Crippen LogP contribution is -2.53. The van der Waals surface area contributed by atoms with Gasteiger partial charge in [0.2, 0.25) is 5.95 Å². The summed E-state index contributed by atoms with van der Waals surface area (Å²) in [5.41, 5.74) is 2.60. The molecular weight excluding hydrogens is 474 g/mol. The first kappa shape index (κ1) is 25.3. The van der Waals surface area contributed by atoms with Gasteiger partial charge in [-0.2, -0.15) is 0 Å². The number of nitrogens with one attached hydrogen (secondary N) is 3. The number of anilines is 4. The van der Waals surface area contributed by atoms with E-state index in [1.54, 1.807) is 6.07 Å². The first-order valence-electron chi connectivity index (χ1n) is 12.8. The van der Waals surface area contributed by atoms with Crippen LogP contribution >= 0.6 is 0 Å². The fraction of sp³-hybridized carbons (Fsp3) is 0.444. The van der Waals surface area contributed by atoms with Crippen LogP contribution in [0, 0.1) is 11.6 Å². The summed E-state index contributed by atoms with van der Waals surface area (Å²) in [7, 11) is 0. The van der Waals surface area contributed by atoms with Gasteiger partial charge in [0.15, 0.2) is 5.82 Å². The van der Waals surface area contributed by atoms with Crippen LogP contribution in [0.15, 0.2) is 36.7 Å². The predicted molar refractivity (Wildman–Crippen MR) is 143 cm³/mol. The van der Waals surface area contributed by atoms with Crippen molar-refractivity contribution in [3.05, 3.63) is 53.9 Å². The lowest BCUT2D eigenvalue weighted by Gasteiger charge is -2.36. The molecule has 1 fully saturated rings. The molecule has 0 amide bonds. The van der Waals surface area contributed by atoms with Crippen LogP contribution in [0.1, 0.15) is 40.2 Å². The second-order valence-electron chi connectivity index (χ2n) is 10.4. The van der Waals surface area contributed by atoms with E-state index in [1.807, 2.05) is 39.1 Å². The second-order valence-corrected chi connectivity index (χ2v) is 10.4. The molecule has 196 valence electrons. The topological polar surface area (TPSA) is 81.2 Å². The quantitative estimate of drug-likeness (QED) is 0.441. The fourth-order valence-electron chi connectivity index (χ4n) is 5.45. The number of hydrogen-bond donors (Lipinski definition) is 3. The maximum absolute atomic E-state index is 15.0. The zero-order valence-corrected chi connectivity index (χ0v) is 21.9. The van der Waals surface area contributed by atoms with Crippen molar-refractivity contribution in [1.29, 1.82) is 0 Å². The summed E-state index contributed by atoms with van der Waals surface area (Å²) in [5.74, 6) is -0.328. The summed E-state index contributed by atoms with van der Waals surface area (Å²) in [6.07, 6.45) is 2.85. The van der Waals surface area contributed by atoms with Crippen LogP contribution in [0.4, 0.5) is 31.9 Å². The molecule has 1 saturated heterocycles. The molecule has 3 aromatic rings. The molecule has 8 nitrogen and oxygen atoms in total. The van der Waals surface area contributed by atoms with Gasteiger partial charge in [-0.1, -0.05) is 6.07 Å². The summed E-state index contributed by atoms with van der Waals surface area (Å²) >= 11 is 0. The molecule has 0 radical (unpaired) electrons. The van der Waals surface area contributed by atoms with Gasteiger partial charge in [-0.15, -0.1) is 0 Å². The number of aromatic nitrogens is 3. The molecule has 2 aliphatic heterocycles. The van der Waals surface area contributed by atoms with Gasteiger partial charge in [0, 0.05) is 49.5 Å². The summed E-state index contributed by atoms with van der Waals surface area (Å²) < 4.78 is 29.8. The highest BCUT2D eigenvalue weighted by molar-refractivity contribution is 5.82. The zero-order chi connectivity index (χ0) is 26.3. The van der Waals surface area contributed by atoms with Crippen LogP contribution in [0.2, 0.25) is 0 Å². The molecule has 5 rings (SSSR count). The van der Waals surface area contributed by atoms with Crippen LogP contribution in [-0.2, 0) is 6.54 Å². The minimum atomic E-state index is -0.622. The Morgan fingerprint density at radius 1 is 1.03 bits per heavy atom. The molecule has 37 heavy (non-hydrogen) atoms. The van der Waals surface area contributed by atoms with Crippen molar-refractivity contribution >= 4 is 23.1 Å². The van der Waals surface area contributed by atoms with E-state index in [4.69, 9.17) is 0 Å². The van der Waals surface area contributed by atoms with Crippen molar-refractivity contribution < 1.29 is 8.78 Å². The molecule has 0 spiro atoms. The van der Waals surface area contributed by atoms with E-state index < -0.39 is 11.6 Å². The normalized spacial score (nSPS) is 21.7. The molecule has 3 N–H and O–H groups in total. The number of benzene rings is 1. The third kappa shape index (κ3) is 5.35. The van der Waals surface area contributed by atoms with Gasteiger partial charge in [-0.25, -0.2) is 23.7 Å². The Balaban J connectivity index is 1.34. The second kappa shape index (κ2) is 10.2. The zero-order valence-electron chi connectivity index (χ0n) is 21.9. The minimum Gasteiger partial charge on any atom is -0.361 e. The van der Waals surface area contributed by atoms with Crippen LogP contribution in [0.5, 0.6) is 0 Å². The highest BCUT2D eigenvalue weighted by Crippen LogP contribution is 2.41. The molecule has 0 aliphatic carbocycles.